The largest absolute Gasteiger partial charge is 0.497 e. The lowest BCUT2D eigenvalue weighted by atomic mass is 10.0. The van der Waals surface area contributed by atoms with Gasteiger partial charge >= 0.3 is 0 Å². The molecule has 5 heteroatoms. The fourth-order valence-corrected chi connectivity index (χ4v) is 3.01. The van der Waals surface area contributed by atoms with Gasteiger partial charge in [-0.05, 0) is 66.2 Å². The van der Waals surface area contributed by atoms with Gasteiger partial charge in [-0.3, -0.25) is 5.43 Å². The maximum atomic E-state index is 6.02. The Bertz CT molecular complexity index is 898. The zero-order valence-electron chi connectivity index (χ0n) is 13.7. The lowest BCUT2D eigenvalue weighted by Gasteiger charge is -2.06. The molecule has 0 radical (unpaired) electrons. The summed E-state index contributed by atoms with van der Waals surface area (Å²) in [7, 11) is 1.66. The van der Waals surface area contributed by atoms with Gasteiger partial charge in [0.2, 0.25) is 0 Å². The molecule has 1 aliphatic heterocycles. The maximum Gasteiger partial charge on any atom is 0.134 e. The topological polar surface area (TPSA) is 46.8 Å². The van der Waals surface area contributed by atoms with Gasteiger partial charge in [-0.1, -0.05) is 11.6 Å². The average molecular weight is 353 g/mol. The van der Waals surface area contributed by atoms with Gasteiger partial charge in [-0.25, -0.2) is 0 Å². The van der Waals surface area contributed by atoms with Crippen molar-refractivity contribution in [2.75, 3.05) is 7.11 Å². The number of furan rings is 1. The van der Waals surface area contributed by atoms with Crippen LogP contribution in [0.3, 0.4) is 0 Å². The zero-order valence-corrected chi connectivity index (χ0v) is 14.5. The van der Waals surface area contributed by atoms with Crippen LogP contribution in [0.4, 0.5) is 0 Å². The molecule has 1 N–H and O–H groups in total. The molecule has 4 nitrogen and oxygen atoms in total. The summed E-state index contributed by atoms with van der Waals surface area (Å²) >= 11 is 5.94. The molecule has 3 aromatic rings. The highest BCUT2D eigenvalue weighted by Crippen LogP contribution is 2.30. The zero-order chi connectivity index (χ0) is 17.2. The Morgan fingerprint density at radius 3 is 2.44 bits per heavy atom. The van der Waals surface area contributed by atoms with E-state index >= 15 is 0 Å². The molecule has 0 aliphatic carbocycles. The summed E-state index contributed by atoms with van der Waals surface area (Å²) in [5, 5.41) is 5.17. The average Bonchev–Trinajstić information content (AvgIpc) is 3.32. The molecule has 1 unspecified atom stereocenters. The van der Waals surface area contributed by atoms with Gasteiger partial charge in [-0.15, -0.1) is 0 Å². The number of hydrazone groups is 1. The first-order chi connectivity index (χ1) is 12.2. The van der Waals surface area contributed by atoms with Crippen LogP contribution >= 0.6 is 11.6 Å². The van der Waals surface area contributed by atoms with E-state index in [0.29, 0.717) is 5.02 Å². The van der Waals surface area contributed by atoms with Crippen molar-refractivity contribution in [3.8, 4) is 17.1 Å². The van der Waals surface area contributed by atoms with Crippen molar-refractivity contribution in [2.24, 2.45) is 5.10 Å². The molecule has 1 atom stereocenters. The van der Waals surface area contributed by atoms with Gasteiger partial charge < -0.3 is 9.15 Å². The first-order valence-corrected chi connectivity index (χ1v) is 8.43. The van der Waals surface area contributed by atoms with Crippen molar-refractivity contribution in [1.82, 2.24) is 5.43 Å². The quantitative estimate of drug-likeness (QED) is 0.715. The third-order valence-corrected chi connectivity index (χ3v) is 4.53. The van der Waals surface area contributed by atoms with E-state index in [4.69, 9.17) is 20.8 Å². The monoisotopic (exact) mass is 352 g/mol. The molecule has 0 saturated heterocycles. The summed E-state index contributed by atoms with van der Waals surface area (Å²) in [5.74, 6) is 2.54. The van der Waals surface area contributed by atoms with Crippen molar-refractivity contribution in [1.29, 1.82) is 0 Å². The van der Waals surface area contributed by atoms with Gasteiger partial charge in [-0.2, -0.15) is 5.10 Å². The summed E-state index contributed by atoms with van der Waals surface area (Å²) in [6.45, 7) is 0. The number of methoxy groups -OCH3 is 1. The number of halogens is 1. The molecule has 0 amide bonds. The molecular formula is C20H17ClN2O2. The summed E-state index contributed by atoms with van der Waals surface area (Å²) in [5.41, 5.74) is 6.27. The highest BCUT2D eigenvalue weighted by Gasteiger charge is 2.24. The number of ether oxygens (including phenoxy) is 1. The first kappa shape index (κ1) is 15.8. The predicted molar refractivity (Wildman–Crippen MR) is 99.2 cm³/mol. The van der Waals surface area contributed by atoms with Gasteiger partial charge in [0.25, 0.3) is 0 Å². The van der Waals surface area contributed by atoms with E-state index in [1.54, 1.807) is 7.11 Å². The second kappa shape index (κ2) is 6.65. The van der Waals surface area contributed by atoms with Crippen molar-refractivity contribution < 1.29 is 9.15 Å². The number of nitrogens with one attached hydrogen (secondary N) is 1. The van der Waals surface area contributed by atoms with Crippen molar-refractivity contribution in [3.63, 3.8) is 0 Å². The maximum absolute atomic E-state index is 6.02. The Morgan fingerprint density at radius 1 is 1.00 bits per heavy atom. The Hall–Kier alpha value is -2.72. The standard InChI is InChI=1S/C20H17ClN2O2/c1-24-16-8-4-13(5-9-16)17-12-18(23-22-17)20-11-10-19(25-20)14-2-6-15(21)7-3-14/h2-11,18,23H,12H2,1H3. The fourth-order valence-electron chi connectivity index (χ4n) is 2.88. The molecule has 126 valence electrons. The van der Waals surface area contributed by atoms with Crippen LogP contribution in [0.15, 0.2) is 70.2 Å². The molecule has 0 saturated carbocycles. The fraction of sp³-hybridized carbons (Fsp3) is 0.150. The van der Waals surface area contributed by atoms with Gasteiger partial charge in [0.15, 0.2) is 0 Å². The smallest absolute Gasteiger partial charge is 0.134 e. The number of benzene rings is 2. The third-order valence-electron chi connectivity index (χ3n) is 4.28. The highest BCUT2D eigenvalue weighted by molar-refractivity contribution is 6.30. The van der Waals surface area contributed by atoms with E-state index in [-0.39, 0.29) is 6.04 Å². The van der Waals surface area contributed by atoms with E-state index in [2.05, 4.69) is 10.5 Å². The minimum atomic E-state index is 0.0400. The second-order valence-electron chi connectivity index (χ2n) is 5.88. The molecule has 1 aliphatic rings. The molecule has 0 spiro atoms. The van der Waals surface area contributed by atoms with E-state index in [9.17, 15) is 0 Å². The molecular weight excluding hydrogens is 336 g/mol. The summed E-state index contributed by atoms with van der Waals surface area (Å²) in [6, 6.07) is 19.5. The normalized spacial score (nSPS) is 16.4. The minimum absolute atomic E-state index is 0.0400. The van der Waals surface area contributed by atoms with Crippen LogP contribution < -0.4 is 10.2 Å². The number of hydrogen-bond acceptors (Lipinski definition) is 4. The van der Waals surface area contributed by atoms with Crippen LogP contribution in [0.1, 0.15) is 23.8 Å². The molecule has 2 heterocycles. The van der Waals surface area contributed by atoms with E-state index in [1.807, 2.05) is 60.7 Å². The Balaban J connectivity index is 1.48. The van der Waals surface area contributed by atoms with Crippen LogP contribution in [0.25, 0.3) is 11.3 Å². The van der Waals surface area contributed by atoms with Crippen molar-refractivity contribution in [3.05, 3.63) is 77.0 Å². The minimum Gasteiger partial charge on any atom is -0.497 e. The Morgan fingerprint density at radius 2 is 1.72 bits per heavy atom. The first-order valence-electron chi connectivity index (χ1n) is 8.05. The van der Waals surface area contributed by atoms with E-state index in [0.717, 1.165) is 40.5 Å². The van der Waals surface area contributed by atoms with Crippen molar-refractivity contribution in [2.45, 2.75) is 12.5 Å². The van der Waals surface area contributed by atoms with E-state index < -0.39 is 0 Å². The summed E-state index contributed by atoms with van der Waals surface area (Å²) < 4.78 is 11.2. The number of nitrogens with zero attached hydrogens (tertiary/aromatic N) is 1. The Kier molecular flexibility index (Phi) is 4.20. The van der Waals surface area contributed by atoms with E-state index in [1.165, 1.54) is 0 Å². The molecule has 25 heavy (non-hydrogen) atoms. The molecule has 4 rings (SSSR count). The van der Waals surface area contributed by atoms with Crippen LogP contribution in [0, 0.1) is 0 Å². The molecule has 0 bridgehead atoms. The van der Waals surface area contributed by atoms with Crippen molar-refractivity contribution >= 4 is 17.3 Å². The van der Waals surface area contributed by atoms with Crippen LogP contribution in [-0.2, 0) is 0 Å². The number of rotatable bonds is 4. The molecule has 2 aromatic carbocycles. The van der Waals surface area contributed by atoms with Gasteiger partial charge in [0.1, 0.15) is 23.3 Å². The summed E-state index contributed by atoms with van der Waals surface area (Å²) in [6.07, 6.45) is 0.778. The number of hydrogen-bond donors (Lipinski definition) is 1. The Labute approximate surface area is 151 Å². The third kappa shape index (κ3) is 3.26. The lowest BCUT2D eigenvalue weighted by molar-refractivity contribution is 0.415. The predicted octanol–water partition coefficient (Wildman–Crippen LogP) is 5.05. The van der Waals surface area contributed by atoms with Crippen LogP contribution in [-0.4, -0.2) is 12.8 Å². The molecule has 0 fully saturated rings. The van der Waals surface area contributed by atoms with Crippen LogP contribution in [0.2, 0.25) is 5.02 Å². The molecule has 1 aromatic heterocycles. The van der Waals surface area contributed by atoms with Crippen LogP contribution in [0.5, 0.6) is 5.75 Å². The SMILES string of the molecule is COc1ccc(C2=NNC(c3ccc(-c4ccc(Cl)cc4)o3)C2)cc1. The second-order valence-corrected chi connectivity index (χ2v) is 6.32. The summed E-state index contributed by atoms with van der Waals surface area (Å²) in [4.78, 5) is 0. The van der Waals surface area contributed by atoms with Gasteiger partial charge in [0.05, 0.1) is 12.8 Å². The van der Waals surface area contributed by atoms with Gasteiger partial charge in [0, 0.05) is 17.0 Å². The lowest BCUT2D eigenvalue weighted by Crippen LogP contribution is -2.08. The highest BCUT2D eigenvalue weighted by atomic mass is 35.5.